The standard InChI is InChI=1S/C15H15NO2/c1-12(17)14-8-6-13(7-9-14)4-2-10-16-11-3-5-15(16)18/h6-9H,3,5,10-11H2,1H3. The molecule has 0 bridgehead atoms. The summed E-state index contributed by atoms with van der Waals surface area (Å²) in [6.45, 7) is 2.85. The lowest BCUT2D eigenvalue weighted by molar-refractivity contribution is -0.127. The summed E-state index contributed by atoms with van der Waals surface area (Å²) in [5, 5.41) is 0. The van der Waals surface area contributed by atoms with Gasteiger partial charge < -0.3 is 4.90 Å². The van der Waals surface area contributed by atoms with Crippen molar-refractivity contribution >= 4 is 11.7 Å². The molecule has 0 radical (unpaired) electrons. The predicted molar refractivity (Wildman–Crippen MR) is 69.1 cm³/mol. The van der Waals surface area contributed by atoms with Gasteiger partial charge >= 0.3 is 0 Å². The topological polar surface area (TPSA) is 37.4 Å². The minimum atomic E-state index is 0.0529. The van der Waals surface area contributed by atoms with Crippen molar-refractivity contribution < 1.29 is 9.59 Å². The van der Waals surface area contributed by atoms with Gasteiger partial charge in [0.1, 0.15) is 0 Å². The Morgan fingerprint density at radius 2 is 2.06 bits per heavy atom. The van der Waals surface area contributed by atoms with E-state index in [0.717, 1.165) is 18.5 Å². The highest BCUT2D eigenvalue weighted by molar-refractivity contribution is 5.94. The van der Waals surface area contributed by atoms with Crippen molar-refractivity contribution in [2.45, 2.75) is 19.8 Å². The third-order valence-electron chi connectivity index (χ3n) is 2.97. The number of rotatable bonds is 2. The maximum absolute atomic E-state index is 11.4. The fourth-order valence-electron chi connectivity index (χ4n) is 1.90. The second kappa shape index (κ2) is 5.50. The van der Waals surface area contributed by atoms with Gasteiger partial charge in [-0.1, -0.05) is 24.0 Å². The molecule has 0 unspecified atom stereocenters. The number of nitrogens with zero attached hydrogens (tertiary/aromatic N) is 1. The molecule has 1 aliphatic rings. The lowest BCUT2D eigenvalue weighted by atomic mass is 10.1. The Bertz CT molecular complexity index is 520. The fourth-order valence-corrected chi connectivity index (χ4v) is 1.90. The zero-order valence-electron chi connectivity index (χ0n) is 10.4. The maximum atomic E-state index is 11.4. The van der Waals surface area contributed by atoms with E-state index in [0.29, 0.717) is 18.5 Å². The number of carbonyl (C=O) groups excluding carboxylic acids is 2. The molecular weight excluding hydrogens is 226 g/mol. The number of benzene rings is 1. The molecule has 1 fully saturated rings. The molecule has 3 nitrogen and oxygen atoms in total. The maximum Gasteiger partial charge on any atom is 0.223 e. The zero-order chi connectivity index (χ0) is 13.0. The Morgan fingerprint density at radius 3 is 2.61 bits per heavy atom. The van der Waals surface area contributed by atoms with Crippen LogP contribution in [0.3, 0.4) is 0 Å². The first kappa shape index (κ1) is 12.4. The largest absolute Gasteiger partial charge is 0.332 e. The molecule has 18 heavy (non-hydrogen) atoms. The molecule has 0 saturated carbocycles. The van der Waals surface area contributed by atoms with E-state index in [1.54, 1.807) is 24.0 Å². The van der Waals surface area contributed by atoms with E-state index < -0.39 is 0 Å². The summed E-state index contributed by atoms with van der Waals surface area (Å²) in [6, 6.07) is 7.20. The normalized spacial score (nSPS) is 14.3. The molecule has 0 aliphatic carbocycles. The third kappa shape index (κ3) is 2.98. The molecule has 1 aromatic carbocycles. The summed E-state index contributed by atoms with van der Waals surface area (Å²) in [6.07, 6.45) is 1.59. The van der Waals surface area contributed by atoms with Crippen molar-refractivity contribution in [1.29, 1.82) is 0 Å². The second-order valence-electron chi connectivity index (χ2n) is 4.35. The highest BCUT2D eigenvalue weighted by Gasteiger charge is 2.18. The number of carbonyl (C=O) groups is 2. The number of ketones is 1. The Balaban J connectivity index is 1.97. The molecule has 2 rings (SSSR count). The first-order chi connectivity index (χ1) is 8.66. The summed E-state index contributed by atoms with van der Waals surface area (Å²) in [5.74, 6) is 6.24. The summed E-state index contributed by atoms with van der Waals surface area (Å²) in [5.41, 5.74) is 1.56. The van der Waals surface area contributed by atoms with Crippen molar-refractivity contribution in [3.8, 4) is 11.8 Å². The van der Waals surface area contributed by atoms with E-state index in [2.05, 4.69) is 11.8 Å². The van der Waals surface area contributed by atoms with Gasteiger partial charge in [0.25, 0.3) is 0 Å². The van der Waals surface area contributed by atoms with Gasteiger partial charge in [-0.05, 0) is 25.5 Å². The van der Waals surface area contributed by atoms with Crippen molar-refractivity contribution in [3.63, 3.8) is 0 Å². The van der Waals surface area contributed by atoms with Gasteiger partial charge in [-0.15, -0.1) is 0 Å². The van der Waals surface area contributed by atoms with Crippen molar-refractivity contribution in [2.75, 3.05) is 13.1 Å². The minimum Gasteiger partial charge on any atom is -0.332 e. The van der Waals surface area contributed by atoms with Crippen LogP contribution in [0, 0.1) is 11.8 Å². The minimum absolute atomic E-state index is 0.0529. The van der Waals surface area contributed by atoms with E-state index in [1.165, 1.54) is 0 Å². The van der Waals surface area contributed by atoms with Gasteiger partial charge in [0, 0.05) is 24.1 Å². The number of amides is 1. The van der Waals surface area contributed by atoms with Crippen LogP contribution in [0.4, 0.5) is 0 Å². The van der Waals surface area contributed by atoms with Crippen molar-refractivity contribution in [3.05, 3.63) is 35.4 Å². The zero-order valence-corrected chi connectivity index (χ0v) is 10.4. The SMILES string of the molecule is CC(=O)c1ccc(C#CCN2CCCC2=O)cc1. The van der Waals surface area contributed by atoms with Crippen LogP contribution in [0.25, 0.3) is 0 Å². The average Bonchev–Trinajstić information content (AvgIpc) is 2.76. The van der Waals surface area contributed by atoms with Crippen LogP contribution < -0.4 is 0 Å². The molecule has 1 aliphatic heterocycles. The van der Waals surface area contributed by atoms with E-state index >= 15 is 0 Å². The molecule has 0 aromatic heterocycles. The summed E-state index contributed by atoms with van der Waals surface area (Å²) < 4.78 is 0. The Hall–Kier alpha value is -2.08. The van der Waals surface area contributed by atoms with Crippen LogP contribution in [0.15, 0.2) is 24.3 Å². The molecule has 0 spiro atoms. The smallest absolute Gasteiger partial charge is 0.223 e. The van der Waals surface area contributed by atoms with Crippen molar-refractivity contribution in [2.24, 2.45) is 0 Å². The average molecular weight is 241 g/mol. The van der Waals surface area contributed by atoms with E-state index in [9.17, 15) is 9.59 Å². The van der Waals surface area contributed by atoms with Crippen LogP contribution in [0.1, 0.15) is 35.7 Å². The lowest BCUT2D eigenvalue weighted by Gasteiger charge is -2.09. The summed E-state index contributed by atoms with van der Waals surface area (Å²) in [7, 11) is 0. The molecule has 1 aromatic rings. The lowest BCUT2D eigenvalue weighted by Crippen LogP contribution is -2.24. The molecule has 1 saturated heterocycles. The van der Waals surface area contributed by atoms with E-state index in [4.69, 9.17) is 0 Å². The van der Waals surface area contributed by atoms with Crippen LogP contribution in [0.5, 0.6) is 0 Å². The first-order valence-electron chi connectivity index (χ1n) is 6.04. The van der Waals surface area contributed by atoms with Crippen LogP contribution in [-0.4, -0.2) is 29.7 Å². The van der Waals surface area contributed by atoms with E-state index in [1.807, 2.05) is 12.1 Å². The Labute approximate surface area is 107 Å². The van der Waals surface area contributed by atoms with Gasteiger partial charge in [0.05, 0.1) is 6.54 Å². The monoisotopic (exact) mass is 241 g/mol. The number of hydrogen-bond acceptors (Lipinski definition) is 2. The van der Waals surface area contributed by atoms with Crippen molar-refractivity contribution in [1.82, 2.24) is 4.90 Å². The number of Topliss-reactive ketones (excluding diaryl/α,β-unsaturated/α-hetero) is 1. The molecule has 1 amide bonds. The van der Waals surface area contributed by atoms with Crippen LogP contribution in [-0.2, 0) is 4.79 Å². The van der Waals surface area contributed by atoms with E-state index in [-0.39, 0.29) is 11.7 Å². The second-order valence-corrected chi connectivity index (χ2v) is 4.35. The third-order valence-corrected chi connectivity index (χ3v) is 2.97. The highest BCUT2D eigenvalue weighted by atomic mass is 16.2. The Kier molecular flexibility index (Phi) is 3.78. The molecular formula is C15H15NO2. The van der Waals surface area contributed by atoms with Crippen LogP contribution in [0.2, 0.25) is 0 Å². The van der Waals surface area contributed by atoms with Gasteiger partial charge in [0.2, 0.25) is 5.91 Å². The quantitative estimate of drug-likeness (QED) is 0.585. The molecule has 3 heteroatoms. The first-order valence-corrected chi connectivity index (χ1v) is 6.04. The molecule has 0 N–H and O–H groups in total. The molecule has 92 valence electrons. The van der Waals surface area contributed by atoms with Gasteiger partial charge in [-0.2, -0.15) is 0 Å². The van der Waals surface area contributed by atoms with Gasteiger partial charge in [-0.3, -0.25) is 9.59 Å². The summed E-state index contributed by atoms with van der Waals surface area (Å²) in [4.78, 5) is 24.2. The highest BCUT2D eigenvalue weighted by Crippen LogP contribution is 2.08. The number of hydrogen-bond donors (Lipinski definition) is 0. The molecule has 0 atom stereocenters. The predicted octanol–water partition coefficient (Wildman–Crippen LogP) is 1.86. The fraction of sp³-hybridized carbons (Fsp3) is 0.333. The number of likely N-dealkylation sites (tertiary alicyclic amines) is 1. The van der Waals surface area contributed by atoms with Gasteiger partial charge in [0.15, 0.2) is 5.78 Å². The van der Waals surface area contributed by atoms with Gasteiger partial charge in [-0.25, -0.2) is 0 Å². The summed E-state index contributed by atoms with van der Waals surface area (Å²) >= 11 is 0. The van der Waals surface area contributed by atoms with Crippen LogP contribution >= 0.6 is 0 Å². The Morgan fingerprint density at radius 1 is 1.33 bits per heavy atom. The molecule has 1 heterocycles.